The van der Waals surface area contributed by atoms with Crippen LogP contribution in [-0.2, 0) is 0 Å². The Morgan fingerprint density at radius 1 is 1.12 bits per heavy atom. The summed E-state index contributed by atoms with van der Waals surface area (Å²) in [6, 6.07) is 10.4. The van der Waals surface area contributed by atoms with Gasteiger partial charge in [-0.25, -0.2) is 9.37 Å². The minimum absolute atomic E-state index is 0.244. The quantitative estimate of drug-likeness (QED) is 0.564. The molecule has 2 heterocycles. The van der Waals surface area contributed by atoms with Gasteiger partial charge in [-0.2, -0.15) is 4.98 Å². The highest BCUT2D eigenvalue weighted by Gasteiger charge is 2.10. The summed E-state index contributed by atoms with van der Waals surface area (Å²) >= 11 is 3.37. The fraction of sp³-hybridized carbons (Fsp3) is 0.211. The van der Waals surface area contributed by atoms with Crippen molar-refractivity contribution < 1.29 is 4.39 Å². The number of aromatic nitrogens is 3. The van der Waals surface area contributed by atoms with Gasteiger partial charge in [0.25, 0.3) is 0 Å². The molecule has 7 heteroatoms. The molecule has 0 radical (unpaired) electrons. The van der Waals surface area contributed by atoms with Crippen LogP contribution in [0.5, 0.6) is 0 Å². The molecule has 0 aliphatic rings. The van der Waals surface area contributed by atoms with Gasteiger partial charge in [-0.15, -0.1) is 0 Å². The van der Waals surface area contributed by atoms with E-state index in [1.807, 2.05) is 18.2 Å². The highest BCUT2D eigenvalue weighted by atomic mass is 79.9. The molecule has 0 bridgehead atoms. The number of pyridine rings is 1. The Balaban J connectivity index is 1.98. The zero-order chi connectivity index (χ0) is 18.5. The third kappa shape index (κ3) is 4.54. The summed E-state index contributed by atoms with van der Waals surface area (Å²) in [5.41, 5.74) is 2.44. The van der Waals surface area contributed by atoms with E-state index in [1.165, 1.54) is 12.1 Å². The van der Waals surface area contributed by atoms with Gasteiger partial charge in [0, 0.05) is 34.5 Å². The number of benzene rings is 1. The summed E-state index contributed by atoms with van der Waals surface area (Å²) < 4.78 is 13.9. The smallest absolute Gasteiger partial charge is 0.225 e. The Bertz CT molecular complexity index is 888. The van der Waals surface area contributed by atoms with E-state index in [0.717, 1.165) is 23.4 Å². The second kappa shape index (κ2) is 8.23. The van der Waals surface area contributed by atoms with Crippen LogP contribution >= 0.6 is 15.9 Å². The molecule has 2 N–H and O–H groups in total. The van der Waals surface area contributed by atoms with Crippen molar-refractivity contribution in [2.45, 2.75) is 26.3 Å². The van der Waals surface area contributed by atoms with E-state index in [-0.39, 0.29) is 11.9 Å². The highest BCUT2D eigenvalue weighted by molar-refractivity contribution is 9.10. The lowest BCUT2D eigenvalue weighted by atomic mass is 10.2. The molecule has 2 aromatic heterocycles. The first-order valence-corrected chi connectivity index (χ1v) is 9.12. The molecule has 3 rings (SSSR count). The van der Waals surface area contributed by atoms with Crippen LogP contribution in [-0.4, -0.2) is 21.0 Å². The average molecular weight is 416 g/mol. The van der Waals surface area contributed by atoms with E-state index in [2.05, 4.69) is 55.4 Å². The van der Waals surface area contributed by atoms with E-state index < -0.39 is 0 Å². The molecular weight excluding hydrogens is 397 g/mol. The molecule has 5 nitrogen and oxygen atoms in total. The summed E-state index contributed by atoms with van der Waals surface area (Å²) in [4.78, 5) is 13.2. The minimum atomic E-state index is -0.304. The Hall–Kier alpha value is -2.54. The van der Waals surface area contributed by atoms with Crippen molar-refractivity contribution in [3.05, 3.63) is 59.1 Å². The maximum absolute atomic E-state index is 13.3. The molecule has 3 aromatic rings. The average Bonchev–Trinajstić information content (AvgIpc) is 2.64. The summed E-state index contributed by atoms with van der Waals surface area (Å²) in [7, 11) is 0. The van der Waals surface area contributed by atoms with Crippen molar-refractivity contribution in [3.63, 3.8) is 0 Å². The number of rotatable bonds is 6. The van der Waals surface area contributed by atoms with Crippen LogP contribution in [0.1, 0.15) is 20.3 Å². The lowest BCUT2D eigenvalue weighted by Crippen LogP contribution is -2.16. The first kappa shape index (κ1) is 18.3. The maximum atomic E-state index is 13.3. The number of nitrogens with one attached hydrogen (secondary N) is 2. The normalized spacial score (nSPS) is 11.8. The lowest BCUT2D eigenvalue weighted by Gasteiger charge is -2.15. The van der Waals surface area contributed by atoms with E-state index >= 15 is 0 Å². The molecule has 0 saturated heterocycles. The fourth-order valence-electron chi connectivity index (χ4n) is 2.30. The van der Waals surface area contributed by atoms with Crippen molar-refractivity contribution in [2.24, 2.45) is 0 Å². The molecule has 1 atom stereocenters. The van der Waals surface area contributed by atoms with E-state index in [1.54, 1.807) is 18.5 Å². The third-order valence-electron chi connectivity index (χ3n) is 3.88. The summed E-state index contributed by atoms with van der Waals surface area (Å²) in [5.74, 6) is 0.848. The number of hydrogen-bond donors (Lipinski definition) is 2. The number of hydrogen-bond acceptors (Lipinski definition) is 5. The molecule has 0 saturated carbocycles. The fourth-order valence-corrected chi connectivity index (χ4v) is 2.75. The Labute approximate surface area is 160 Å². The molecule has 1 aromatic carbocycles. The first-order valence-electron chi connectivity index (χ1n) is 8.33. The lowest BCUT2D eigenvalue weighted by molar-refractivity contribution is 0.627. The zero-order valence-corrected chi connectivity index (χ0v) is 16.1. The van der Waals surface area contributed by atoms with Crippen molar-refractivity contribution in [3.8, 4) is 11.3 Å². The third-order valence-corrected chi connectivity index (χ3v) is 4.54. The van der Waals surface area contributed by atoms with Crippen molar-refractivity contribution >= 4 is 33.4 Å². The molecule has 134 valence electrons. The Morgan fingerprint density at radius 2 is 1.88 bits per heavy atom. The van der Waals surface area contributed by atoms with Crippen molar-refractivity contribution in [2.75, 3.05) is 10.6 Å². The largest absolute Gasteiger partial charge is 0.352 e. The van der Waals surface area contributed by atoms with Gasteiger partial charge in [-0.05, 0) is 59.6 Å². The van der Waals surface area contributed by atoms with Crippen LogP contribution in [0.25, 0.3) is 11.3 Å². The van der Waals surface area contributed by atoms with E-state index in [0.29, 0.717) is 16.2 Å². The van der Waals surface area contributed by atoms with E-state index in [4.69, 9.17) is 0 Å². The van der Waals surface area contributed by atoms with Gasteiger partial charge < -0.3 is 10.6 Å². The van der Waals surface area contributed by atoms with Crippen LogP contribution in [0, 0.1) is 5.82 Å². The Morgan fingerprint density at radius 3 is 2.58 bits per heavy atom. The van der Waals surface area contributed by atoms with Gasteiger partial charge in [-0.1, -0.05) is 6.92 Å². The predicted molar refractivity (Wildman–Crippen MR) is 106 cm³/mol. The molecule has 0 unspecified atom stereocenters. The zero-order valence-electron chi connectivity index (χ0n) is 14.5. The number of anilines is 3. The van der Waals surface area contributed by atoms with Crippen molar-refractivity contribution in [1.29, 1.82) is 0 Å². The second-order valence-corrected chi connectivity index (χ2v) is 6.76. The van der Waals surface area contributed by atoms with Crippen LogP contribution in [0.2, 0.25) is 0 Å². The van der Waals surface area contributed by atoms with Crippen LogP contribution in [0.4, 0.5) is 21.8 Å². The first-order chi connectivity index (χ1) is 12.5. The van der Waals surface area contributed by atoms with Gasteiger partial charge in [0.2, 0.25) is 5.95 Å². The van der Waals surface area contributed by atoms with Crippen LogP contribution in [0.3, 0.4) is 0 Å². The Kier molecular flexibility index (Phi) is 5.78. The van der Waals surface area contributed by atoms with Gasteiger partial charge in [-0.3, -0.25) is 4.98 Å². The minimum Gasteiger partial charge on any atom is -0.352 e. The molecule has 0 amide bonds. The van der Waals surface area contributed by atoms with Gasteiger partial charge in [0.05, 0.1) is 11.4 Å². The van der Waals surface area contributed by atoms with Gasteiger partial charge >= 0.3 is 0 Å². The molecule has 0 fully saturated rings. The van der Waals surface area contributed by atoms with Crippen LogP contribution < -0.4 is 10.6 Å². The molecule has 0 aliphatic carbocycles. The second-order valence-electron chi connectivity index (χ2n) is 5.90. The maximum Gasteiger partial charge on any atom is 0.225 e. The van der Waals surface area contributed by atoms with E-state index in [9.17, 15) is 4.39 Å². The van der Waals surface area contributed by atoms with Gasteiger partial charge in [0.15, 0.2) is 0 Å². The summed E-state index contributed by atoms with van der Waals surface area (Å²) in [6.45, 7) is 4.17. The standard InChI is InChI=1S/C19H19BrFN5/c1-3-12(2)23-19-25-17(13-6-8-22-9-7-13)11-18(26-19)24-16-5-4-14(21)10-15(16)20/h4-12H,3H2,1-2H3,(H2,23,24,25,26)/t12-/m1/s1. The summed E-state index contributed by atoms with van der Waals surface area (Å²) in [5, 5.41) is 6.52. The molecule has 26 heavy (non-hydrogen) atoms. The number of halogens is 2. The van der Waals surface area contributed by atoms with Crippen LogP contribution in [0.15, 0.2) is 53.3 Å². The molecule has 0 spiro atoms. The molecular formula is C19H19BrFN5. The monoisotopic (exact) mass is 415 g/mol. The molecule has 0 aliphatic heterocycles. The number of nitrogens with zero attached hydrogens (tertiary/aromatic N) is 3. The van der Waals surface area contributed by atoms with Gasteiger partial charge in [0.1, 0.15) is 11.6 Å². The van der Waals surface area contributed by atoms with Crippen molar-refractivity contribution in [1.82, 2.24) is 15.0 Å². The summed E-state index contributed by atoms with van der Waals surface area (Å²) in [6.07, 6.45) is 4.40. The SMILES string of the molecule is CC[C@@H](C)Nc1nc(Nc2ccc(F)cc2Br)cc(-c2ccncc2)n1. The topological polar surface area (TPSA) is 62.7 Å². The highest BCUT2D eigenvalue weighted by Crippen LogP contribution is 2.28. The predicted octanol–water partition coefficient (Wildman–Crippen LogP) is 5.39.